The molecule has 3 N–H and O–H groups in total. The maximum atomic E-state index is 11.8. The minimum absolute atomic E-state index is 0.137. The molecule has 0 unspecified atom stereocenters. The molecule has 0 atom stereocenters. The molecule has 0 bridgehead atoms. The van der Waals surface area contributed by atoms with Crippen LogP contribution in [0, 0.1) is 0 Å². The van der Waals surface area contributed by atoms with Crippen molar-refractivity contribution in [3.63, 3.8) is 0 Å². The Morgan fingerprint density at radius 3 is 2.94 bits per heavy atom. The Morgan fingerprint density at radius 2 is 2.28 bits per heavy atom. The second-order valence-electron chi connectivity index (χ2n) is 3.57. The standard InChI is InChI=1S/C11H12BrN3OS2/c12-7-4-9(17-5-7)11-15-8(6-18-11)10(16)14-3-1-2-13/h4-6H,1-3,13H2,(H,14,16). The average molecular weight is 346 g/mol. The van der Waals surface area contributed by atoms with Gasteiger partial charge in [0.25, 0.3) is 5.91 Å². The van der Waals surface area contributed by atoms with E-state index in [1.54, 1.807) is 16.7 Å². The highest BCUT2D eigenvalue weighted by atomic mass is 79.9. The summed E-state index contributed by atoms with van der Waals surface area (Å²) in [4.78, 5) is 17.2. The van der Waals surface area contributed by atoms with Crippen LogP contribution < -0.4 is 11.1 Å². The van der Waals surface area contributed by atoms with Crippen LogP contribution in [0.15, 0.2) is 21.3 Å². The van der Waals surface area contributed by atoms with E-state index < -0.39 is 0 Å². The first-order chi connectivity index (χ1) is 8.70. The third-order valence-corrected chi connectivity index (χ3v) is 4.88. The first-order valence-corrected chi connectivity index (χ1v) is 7.94. The van der Waals surface area contributed by atoms with E-state index in [4.69, 9.17) is 5.73 Å². The lowest BCUT2D eigenvalue weighted by molar-refractivity contribution is 0.0949. The largest absolute Gasteiger partial charge is 0.351 e. The summed E-state index contributed by atoms with van der Waals surface area (Å²) in [6.45, 7) is 1.17. The summed E-state index contributed by atoms with van der Waals surface area (Å²) in [6, 6.07) is 2.00. The molecule has 0 saturated heterocycles. The van der Waals surface area contributed by atoms with E-state index in [1.165, 1.54) is 11.3 Å². The van der Waals surface area contributed by atoms with Crippen LogP contribution in [0.2, 0.25) is 0 Å². The van der Waals surface area contributed by atoms with Crippen LogP contribution in [0.1, 0.15) is 16.9 Å². The molecule has 4 nitrogen and oxygen atoms in total. The number of hydrogen-bond acceptors (Lipinski definition) is 5. The van der Waals surface area contributed by atoms with Crippen LogP contribution in [0.3, 0.4) is 0 Å². The second-order valence-corrected chi connectivity index (χ2v) is 6.25. The summed E-state index contributed by atoms with van der Waals surface area (Å²) < 4.78 is 1.03. The van der Waals surface area contributed by atoms with Crippen LogP contribution in [0.5, 0.6) is 0 Å². The van der Waals surface area contributed by atoms with Gasteiger partial charge in [0.05, 0.1) is 4.88 Å². The molecule has 0 aliphatic heterocycles. The zero-order valence-electron chi connectivity index (χ0n) is 9.48. The Balaban J connectivity index is 2.04. The van der Waals surface area contributed by atoms with Gasteiger partial charge < -0.3 is 11.1 Å². The molecule has 0 radical (unpaired) electrons. The molecule has 0 saturated carbocycles. The van der Waals surface area contributed by atoms with E-state index in [-0.39, 0.29) is 5.91 Å². The molecule has 0 aliphatic carbocycles. The van der Waals surface area contributed by atoms with Crippen LogP contribution in [-0.4, -0.2) is 24.0 Å². The first kappa shape index (κ1) is 13.7. The first-order valence-electron chi connectivity index (χ1n) is 5.39. The van der Waals surface area contributed by atoms with E-state index in [9.17, 15) is 4.79 Å². The van der Waals surface area contributed by atoms with E-state index in [1.807, 2.05) is 11.4 Å². The minimum atomic E-state index is -0.137. The molecule has 18 heavy (non-hydrogen) atoms. The van der Waals surface area contributed by atoms with Gasteiger partial charge in [0.1, 0.15) is 10.7 Å². The third-order valence-electron chi connectivity index (χ3n) is 2.18. The Kier molecular flexibility index (Phi) is 4.87. The van der Waals surface area contributed by atoms with Gasteiger partial charge in [-0.05, 0) is 35.0 Å². The van der Waals surface area contributed by atoms with Crippen molar-refractivity contribution in [1.29, 1.82) is 0 Å². The van der Waals surface area contributed by atoms with Crippen molar-refractivity contribution in [2.24, 2.45) is 5.73 Å². The molecular formula is C11H12BrN3OS2. The van der Waals surface area contributed by atoms with Crippen molar-refractivity contribution in [1.82, 2.24) is 10.3 Å². The van der Waals surface area contributed by atoms with Gasteiger partial charge >= 0.3 is 0 Å². The molecule has 7 heteroatoms. The van der Waals surface area contributed by atoms with Gasteiger partial charge in [0, 0.05) is 21.8 Å². The summed E-state index contributed by atoms with van der Waals surface area (Å²) in [7, 11) is 0. The molecule has 0 aromatic carbocycles. The maximum absolute atomic E-state index is 11.8. The van der Waals surface area contributed by atoms with Gasteiger partial charge in [0.2, 0.25) is 0 Å². The number of nitrogens with one attached hydrogen (secondary N) is 1. The van der Waals surface area contributed by atoms with Crippen molar-refractivity contribution in [2.45, 2.75) is 6.42 Å². The Labute approximate surface area is 121 Å². The fourth-order valence-electron chi connectivity index (χ4n) is 1.31. The second kappa shape index (κ2) is 6.42. The molecule has 0 fully saturated rings. The van der Waals surface area contributed by atoms with Crippen molar-refractivity contribution >= 4 is 44.5 Å². The van der Waals surface area contributed by atoms with Gasteiger partial charge in [-0.2, -0.15) is 0 Å². The molecule has 2 rings (SSSR count). The number of carbonyl (C=O) groups excluding carboxylic acids is 1. The lowest BCUT2D eigenvalue weighted by atomic mass is 10.4. The number of carbonyl (C=O) groups is 1. The highest BCUT2D eigenvalue weighted by Gasteiger charge is 2.12. The number of rotatable bonds is 5. The number of thiazole rings is 1. The normalized spacial score (nSPS) is 10.6. The molecular weight excluding hydrogens is 334 g/mol. The fraction of sp³-hybridized carbons (Fsp3) is 0.273. The lowest BCUT2D eigenvalue weighted by Crippen LogP contribution is -2.26. The van der Waals surface area contributed by atoms with E-state index in [0.29, 0.717) is 18.8 Å². The van der Waals surface area contributed by atoms with Crippen molar-refractivity contribution in [3.8, 4) is 9.88 Å². The molecule has 1 amide bonds. The van der Waals surface area contributed by atoms with Gasteiger partial charge in [-0.15, -0.1) is 22.7 Å². The number of halogens is 1. The SMILES string of the molecule is NCCCNC(=O)c1csc(-c2cc(Br)cs2)n1. The third kappa shape index (κ3) is 3.38. The molecule has 0 spiro atoms. The fourth-order valence-corrected chi connectivity index (χ4v) is 3.62. The monoisotopic (exact) mass is 345 g/mol. The summed E-state index contributed by atoms with van der Waals surface area (Å²) in [5.41, 5.74) is 5.84. The van der Waals surface area contributed by atoms with E-state index >= 15 is 0 Å². The maximum Gasteiger partial charge on any atom is 0.270 e. The Morgan fingerprint density at radius 1 is 1.44 bits per heavy atom. The van der Waals surface area contributed by atoms with Crippen molar-refractivity contribution in [2.75, 3.05) is 13.1 Å². The van der Waals surface area contributed by atoms with Crippen molar-refractivity contribution in [3.05, 3.63) is 27.0 Å². The highest BCUT2D eigenvalue weighted by molar-refractivity contribution is 9.10. The van der Waals surface area contributed by atoms with Gasteiger partial charge in [-0.25, -0.2) is 4.98 Å². The highest BCUT2D eigenvalue weighted by Crippen LogP contribution is 2.31. The summed E-state index contributed by atoms with van der Waals surface area (Å²) in [5.74, 6) is -0.137. The number of hydrogen-bond donors (Lipinski definition) is 2. The van der Waals surface area contributed by atoms with Crippen LogP contribution in [-0.2, 0) is 0 Å². The number of nitrogens with zero attached hydrogens (tertiary/aromatic N) is 1. The molecule has 2 aromatic heterocycles. The van der Waals surface area contributed by atoms with E-state index in [0.717, 1.165) is 20.8 Å². The average Bonchev–Trinajstić information content (AvgIpc) is 2.97. The summed E-state index contributed by atoms with van der Waals surface area (Å²) in [6.07, 6.45) is 0.778. The molecule has 96 valence electrons. The number of aromatic nitrogens is 1. The predicted molar refractivity (Wildman–Crippen MR) is 79.1 cm³/mol. The minimum Gasteiger partial charge on any atom is -0.351 e. The van der Waals surface area contributed by atoms with Gasteiger partial charge in [-0.3, -0.25) is 4.79 Å². The number of nitrogens with two attached hydrogens (primary N) is 1. The van der Waals surface area contributed by atoms with Gasteiger partial charge in [0.15, 0.2) is 0 Å². The van der Waals surface area contributed by atoms with E-state index in [2.05, 4.69) is 26.2 Å². The zero-order chi connectivity index (χ0) is 13.0. The zero-order valence-corrected chi connectivity index (χ0v) is 12.7. The number of amides is 1. The van der Waals surface area contributed by atoms with Crippen LogP contribution in [0.4, 0.5) is 0 Å². The van der Waals surface area contributed by atoms with Crippen LogP contribution >= 0.6 is 38.6 Å². The van der Waals surface area contributed by atoms with Crippen molar-refractivity contribution < 1.29 is 4.79 Å². The lowest BCUT2D eigenvalue weighted by Gasteiger charge is -2.00. The Bertz CT molecular complexity index is 538. The predicted octanol–water partition coefficient (Wildman–Crippen LogP) is 2.71. The van der Waals surface area contributed by atoms with Gasteiger partial charge in [-0.1, -0.05) is 0 Å². The smallest absolute Gasteiger partial charge is 0.270 e. The Hall–Kier alpha value is -0.760. The summed E-state index contributed by atoms with van der Waals surface area (Å²) in [5, 5.41) is 7.44. The molecule has 2 heterocycles. The number of thiophene rings is 1. The van der Waals surface area contributed by atoms with Crippen LogP contribution in [0.25, 0.3) is 9.88 Å². The molecule has 0 aliphatic rings. The molecule has 2 aromatic rings. The quantitative estimate of drug-likeness (QED) is 0.818. The topological polar surface area (TPSA) is 68.0 Å². The summed E-state index contributed by atoms with van der Waals surface area (Å²) >= 11 is 6.48.